The highest BCUT2D eigenvalue weighted by Gasteiger charge is 2.37. The van der Waals surface area contributed by atoms with Crippen LogP contribution in [0.5, 0.6) is 5.75 Å². The number of ether oxygens (including phenoxy) is 5. The van der Waals surface area contributed by atoms with Crippen molar-refractivity contribution in [3.8, 4) is 5.75 Å². The molecule has 3 atom stereocenters. The number of hydrogen-bond acceptors (Lipinski definition) is 10. The first-order chi connectivity index (χ1) is 23.9. The lowest BCUT2D eigenvalue weighted by Crippen LogP contribution is -2.26. The molecule has 2 aromatic rings. The molecule has 0 amide bonds. The van der Waals surface area contributed by atoms with Gasteiger partial charge >= 0.3 is 13.8 Å². The highest BCUT2D eigenvalue weighted by molar-refractivity contribution is 7.48. The average Bonchev–Trinajstić information content (AvgIpc) is 3.42. The van der Waals surface area contributed by atoms with Gasteiger partial charge in [-0.15, -0.1) is 0 Å². The number of benzene rings is 2. The summed E-state index contributed by atoms with van der Waals surface area (Å²) in [5.41, 5.74) is 4.69. The molecule has 282 valence electrons. The van der Waals surface area contributed by atoms with Gasteiger partial charge in [-0.25, -0.2) is 4.57 Å². The zero-order valence-electron chi connectivity index (χ0n) is 30.8. The van der Waals surface area contributed by atoms with Gasteiger partial charge in [0.15, 0.2) is 5.79 Å². The number of carbonyl (C=O) groups excluding carboxylic acids is 1. The molecule has 1 aliphatic rings. The number of para-hydroxylation sites is 1. The molecule has 0 spiro atoms. The average molecular weight is 741 g/mol. The third-order valence-electron chi connectivity index (χ3n) is 8.48. The molecule has 50 heavy (non-hydrogen) atoms. The summed E-state index contributed by atoms with van der Waals surface area (Å²) in [6, 6.07) is 10.9. The lowest BCUT2D eigenvalue weighted by atomic mass is 10.0. The molecule has 12 heteroatoms. The van der Waals surface area contributed by atoms with Crippen LogP contribution in [0.2, 0.25) is 5.02 Å². The molecule has 1 aliphatic heterocycles. The fraction of sp³-hybridized carbons (Fsp3) is 0.658. The Bertz CT molecular complexity index is 1330. The summed E-state index contributed by atoms with van der Waals surface area (Å²) in [6.45, 7) is 11.2. The summed E-state index contributed by atoms with van der Waals surface area (Å²) < 4.78 is 58.8. The third-order valence-corrected chi connectivity index (χ3v) is 10.1. The summed E-state index contributed by atoms with van der Waals surface area (Å²) >= 11 is 6.23. The number of aryl methyl sites for hydroxylation is 3. The molecule has 10 nitrogen and oxygen atoms in total. The minimum atomic E-state index is -4.10. The first-order valence-electron chi connectivity index (χ1n) is 17.9. The Morgan fingerprint density at radius 3 is 2.20 bits per heavy atom. The van der Waals surface area contributed by atoms with Crippen molar-refractivity contribution in [1.82, 2.24) is 0 Å². The first-order valence-corrected chi connectivity index (χ1v) is 19.7. The van der Waals surface area contributed by atoms with E-state index in [1.165, 1.54) is 36.0 Å². The first kappa shape index (κ1) is 42.4. The molecule has 0 aromatic heterocycles. The van der Waals surface area contributed by atoms with E-state index in [4.69, 9.17) is 48.9 Å². The number of methoxy groups -OCH3 is 1. The monoisotopic (exact) mass is 740 g/mol. The summed E-state index contributed by atoms with van der Waals surface area (Å²) in [5, 5.41) is 0.280. The normalized spacial score (nSPS) is 17.4. The van der Waals surface area contributed by atoms with Gasteiger partial charge in [0, 0.05) is 20.1 Å². The topological polar surface area (TPSA) is 108 Å². The SMILES string of the molecule is CO[C@H](COCCCCCCCCCCCC(=O)OCc1c(C)cc(C)cc1C)COP(=O)(OC[C@H]1COC(C)(C)O1)Oc1ccccc1Cl. The van der Waals surface area contributed by atoms with Crippen LogP contribution in [0.1, 0.15) is 100 Å². The van der Waals surface area contributed by atoms with Crippen LogP contribution in [0.25, 0.3) is 0 Å². The predicted molar refractivity (Wildman–Crippen MR) is 195 cm³/mol. The molecule has 3 rings (SSSR count). The fourth-order valence-corrected chi connectivity index (χ4v) is 7.20. The van der Waals surface area contributed by atoms with Gasteiger partial charge in [-0.05, 0) is 76.3 Å². The lowest BCUT2D eigenvalue weighted by molar-refractivity contribution is -0.145. The number of hydrogen-bond donors (Lipinski definition) is 0. The fourth-order valence-electron chi connectivity index (χ4n) is 5.70. The molecule has 0 bridgehead atoms. The van der Waals surface area contributed by atoms with E-state index in [1.54, 1.807) is 45.2 Å². The number of halogens is 1. The molecule has 0 radical (unpaired) electrons. The smallest absolute Gasteiger partial charge is 0.461 e. The minimum absolute atomic E-state index is 0.0509. The molecule has 1 fully saturated rings. The van der Waals surface area contributed by atoms with Crippen LogP contribution in [0.4, 0.5) is 0 Å². The summed E-state index contributed by atoms with van der Waals surface area (Å²) in [5.74, 6) is -0.677. The Balaban J connectivity index is 1.22. The second-order valence-corrected chi connectivity index (χ2v) is 15.4. The molecule has 1 unspecified atom stereocenters. The Morgan fingerprint density at radius 2 is 1.58 bits per heavy atom. The molecule has 1 heterocycles. The van der Waals surface area contributed by atoms with Crippen LogP contribution in [0, 0.1) is 20.8 Å². The van der Waals surface area contributed by atoms with Crippen LogP contribution in [0.15, 0.2) is 36.4 Å². The Labute approximate surface area is 304 Å². The van der Waals surface area contributed by atoms with E-state index in [0.717, 1.165) is 44.1 Å². The van der Waals surface area contributed by atoms with Crippen LogP contribution in [-0.4, -0.2) is 64.1 Å². The van der Waals surface area contributed by atoms with Gasteiger partial charge in [0.2, 0.25) is 0 Å². The van der Waals surface area contributed by atoms with Gasteiger partial charge in [0.25, 0.3) is 0 Å². The predicted octanol–water partition coefficient (Wildman–Crippen LogP) is 9.61. The second-order valence-electron chi connectivity index (χ2n) is 13.4. The van der Waals surface area contributed by atoms with Crippen molar-refractivity contribution < 1.29 is 46.6 Å². The van der Waals surface area contributed by atoms with Gasteiger partial charge in [-0.2, -0.15) is 0 Å². The molecular weight excluding hydrogens is 683 g/mol. The number of carbonyl (C=O) groups is 1. The van der Waals surface area contributed by atoms with Gasteiger partial charge < -0.3 is 28.2 Å². The number of unbranched alkanes of at least 4 members (excludes halogenated alkanes) is 8. The van der Waals surface area contributed by atoms with E-state index >= 15 is 0 Å². The van der Waals surface area contributed by atoms with E-state index in [1.807, 2.05) is 0 Å². The van der Waals surface area contributed by atoms with E-state index in [-0.39, 0.29) is 36.6 Å². The van der Waals surface area contributed by atoms with E-state index in [0.29, 0.717) is 26.2 Å². The van der Waals surface area contributed by atoms with E-state index in [9.17, 15) is 9.36 Å². The minimum Gasteiger partial charge on any atom is -0.461 e. The zero-order valence-corrected chi connectivity index (χ0v) is 32.5. The Hall–Kier alpha value is -2.01. The Kier molecular flexibility index (Phi) is 18.8. The highest BCUT2D eigenvalue weighted by atomic mass is 35.5. The van der Waals surface area contributed by atoms with Crippen molar-refractivity contribution in [3.63, 3.8) is 0 Å². The summed E-state index contributed by atoms with van der Waals surface area (Å²) in [6.07, 6.45) is 9.36. The van der Waals surface area contributed by atoms with Crippen molar-refractivity contribution in [2.24, 2.45) is 0 Å². The van der Waals surface area contributed by atoms with Crippen LogP contribution < -0.4 is 4.52 Å². The maximum absolute atomic E-state index is 13.6. The molecule has 0 N–H and O–H groups in total. The molecule has 1 saturated heterocycles. The van der Waals surface area contributed by atoms with Crippen LogP contribution in [-0.2, 0) is 48.7 Å². The largest absolute Gasteiger partial charge is 0.530 e. The molecule has 0 aliphatic carbocycles. The van der Waals surface area contributed by atoms with Crippen molar-refractivity contribution in [2.75, 3.05) is 40.1 Å². The zero-order chi connectivity index (χ0) is 36.4. The lowest BCUT2D eigenvalue weighted by Gasteiger charge is -2.23. The standard InChI is InChI=1S/C38H58ClO10P/c1-29-22-30(2)34(31(3)23-29)28-44-37(40)20-14-12-10-8-7-9-11-13-17-21-43-24-32(42-6)26-46-50(41,49-36-19-16-15-18-35(36)39)47-27-33-25-45-38(4,5)48-33/h15-16,18-19,22-23,32-33H,7-14,17,20-21,24-28H2,1-6H3/t32-,33-,50?/m1/s1. The number of phosphoric ester groups is 1. The molecule has 2 aromatic carbocycles. The van der Waals surface area contributed by atoms with E-state index < -0.39 is 25.8 Å². The quantitative estimate of drug-likeness (QED) is 0.0555. The van der Waals surface area contributed by atoms with Crippen molar-refractivity contribution in [3.05, 3.63) is 63.7 Å². The number of esters is 1. The summed E-state index contributed by atoms with van der Waals surface area (Å²) in [4.78, 5) is 12.2. The maximum atomic E-state index is 13.6. The highest BCUT2D eigenvalue weighted by Crippen LogP contribution is 2.51. The van der Waals surface area contributed by atoms with Crippen molar-refractivity contribution in [2.45, 2.75) is 123 Å². The van der Waals surface area contributed by atoms with E-state index in [2.05, 4.69) is 32.9 Å². The van der Waals surface area contributed by atoms with Gasteiger partial charge in [-0.3, -0.25) is 13.8 Å². The van der Waals surface area contributed by atoms with Crippen LogP contribution >= 0.6 is 19.4 Å². The number of rotatable bonds is 25. The molecular formula is C38H58ClO10P. The molecule has 0 saturated carbocycles. The Morgan fingerprint density at radius 1 is 0.940 bits per heavy atom. The maximum Gasteiger partial charge on any atom is 0.530 e. The van der Waals surface area contributed by atoms with Crippen molar-refractivity contribution in [1.29, 1.82) is 0 Å². The van der Waals surface area contributed by atoms with Gasteiger partial charge in [-0.1, -0.05) is 86.4 Å². The van der Waals surface area contributed by atoms with Crippen molar-refractivity contribution >= 4 is 25.4 Å². The van der Waals surface area contributed by atoms with Gasteiger partial charge in [0.1, 0.15) is 24.6 Å². The second kappa shape index (κ2) is 22.1. The third kappa shape index (κ3) is 16.1. The summed E-state index contributed by atoms with van der Waals surface area (Å²) in [7, 11) is -2.55. The number of phosphoric acid groups is 1. The van der Waals surface area contributed by atoms with Gasteiger partial charge in [0.05, 0.1) is 31.5 Å². The van der Waals surface area contributed by atoms with Crippen LogP contribution in [0.3, 0.4) is 0 Å².